The summed E-state index contributed by atoms with van der Waals surface area (Å²) >= 11 is 0. The predicted molar refractivity (Wildman–Crippen MR) is 65.0 cm³/mol. The number of hydrogen-bond donors (Lipinski definition) is 0. The second-order valence-electron chi connectivity index (χ2n) is 3.98. The van der Waals surface area contributed by atoms with Gasteiger partial charge < -0.3 is 14.5 Å². The van der Waals surface area contributed by atoms with Crippen LogP contribution < -0.4 is 4.90 Å². The summed E-state index contributed by atoms with van der Waals surface area (Å²) in [7, 11) is 1.22. The van der Waals surface area contributed by atoms with Crippen molar-refractivity contribution in [2.75, 3.05) is 38.2 Å². The first-order valence-electron chi connectivity index (χ1n) is 5.74. The first-order valence-corrected chi connectivity index (χ1v) is 5.74. The molecule has 6 heteroatoms. The molecule has 1 aromatic rings. The van der Waals surface area contributed by atoms with E-state index in [2.05, 4.69) is 14.6 Å². The SMILES string of the molecule is COC(=O)C(=O)N1CCN(c2ccncc2)CC1. The Morgan fingerprint density at radius 1 is 1.17 bits per heavy atom. The summed E-state index contributed by atoms with van der Waals surface area (Å²) in [5.74, 6) is -1.36. The number of methoxy groups -OCH3 is 1. The minimum atomic E-state index is -0.799. The number of pyridine rings is 1. The van der Waals surface area contributed by atoms with Crippen LogP contribution in [0.3, 0.4) is 0 Å². The summed E-state index contributed by atoms with van der Waals surface area (Å²) in [5.41, 5.74) is 1.08. The summed E-state index contributed by atoms with van der Waals surface area (Å²) in [6, 6.07) is 3.86. The van der Waals surface area contributed by atoms with Gasteiger partial charge in [-0.05, 0) is 12.1 Å². The van der Waals surface area contributed by atoms with Crippen molar-refractivity contribution in [1.82, 2.24) is 9.88 Å². The van der Waals surface area contributed by atoms with E-state index in [0.29, 0.717) is 26.2 Å². The number of hydrogen-bond acceptors (Lipinski definition) is 5. The number of amides is 1. The molecule has 0 unspecified atom stereocenters. The van der Waals surface area contributed by atoms with Crippen LogP contribution in [0.15, 0.2) is 24.5 Å². The van der Waals surface area contributed by atoms with E-state index in [0.717, 1.165) is 5.69 Å². The Bertz CT molecular complexity index is 427. The van der Waals surface area contributed by atoms with Gasteiger partial charge in [-0.3, -0.25) is 9.78 Å². The van der Waals surface area contributed by atoms with E-state index in [1.807, 2.05) is 12.1 Å². The lowest BCUT2D eigenvalue weighted by molar-refractivity contribution is -0.158. The fraction of sp³-hybridized carbons (Fsp3) is 0.417. The molecule has 0 atom stereocenters. The maximum absolute atomic E-state index is 11.6. The van der Waals surface area contributed by atoms with Crippen molar-refractivity contribution in [2.45, 2.75) is 0 Å². The van der Waals surface area contributed by atoms with Gasteiger partial charge in [0.2, 0.25) is 0 Å². The number of aromatic nitrogens is 1. The molecule has 1 aliphatic heterocycles. The number of nitrogens with zero attached hydrogens (tertiary/aromatic N) is 3. The summed E-state index contributed by atoms with van der Waals surface area (Å²) < 4.78 is 4.42. The second-order valence-corrected chi connectivity index (χ2v) is 3.98. The van der Waals surface area contributed by atoms with E-state index >= 15 is 0 Å². The highest BCUT2D eigenvalue weighted by Crippen LogP contribution is 2.14. The lowest BCUT2D eigenvalue weighted by Crippen LogP contribution is -2.50. The zero-order valence-electron chi connectivity index (χ0n) is 10.2. The Morgan fingerprint density at radius 2 is 1.78 bits per heavy atom. The largest absolute Gasteiger partial charge is 0.462 e. The molecule has 2 heterocycles. The first-order chi connectivity index (χ1) is 8.72. The molecule has 0 radical (unpaired) electrons. The first kappa shape index (κ1) is 12.3. The Hall–Kier alpha value is -2.11. The van der Waals surface area contributed by atoms with Crippen LogP contribution in [0, 0.1) is 0 Å². The highest BCUT2D eigenvalue weighted by atomic mass is 16.5. The van der Waals surface area contributed by atoms with Crippen molar-refractivity contribution >= 4 is 17.6 Å². The van der Waals surface area contributed by atoms with Crippen molar-refractivity contribution < 1.29 is 14.3 Å². The van der Waals surface area contributed by atoms with Crippen molar-refractivity contribution in [3.63, 3.8) is 0 Å². The van der Waals surface area contributed by atoms with Crippen molar-refractivity contribution in [3.8, 4) is 0 Å². The van der Waals surface area contributed by atoms with Gasteiger partial charge in [-0.15, -0.1) is 0 Å². The molecule has 1 aromatic heterocycles. The molecule has 96 valence electrons. The van der Waals surface area contributed by atoms with Crippen molar-refractivity contribution in [3.05, 3.63) is 24.5 Å². The Labute approximate surface area is 105 Å². The van der Waals surface area contributed by atoms with Crippen molar-refractivity contribution in [2.24, 2.45) is 0 Å². The molecule has 0 aromatic carbocycles. The third kappa shape index (κ3) is 2.58. The van der Waals surface area contributed by atoms with E-state index in [4.69, 9.17) is 0 Å². The molecule has 1 aliphatic rings. The molecule has 1 amide bonds. The summed E-state index contributed by atoms with van der Waals surface area (Å²) in [6.07, 6.45) is 3.47. The van der Waals surface area contributed by atoms with Gasteiger partial charge in [0.05, 0.1) is 7.11 Å². The minimum absolute atomic E-state index is 0.524. The molecule has 0 bridgehead atoms. The van der Waals surface area contributed by atoms with Gasteiger partial charge in [-0.1, -0.05) is 0 Å². The quantitative estimate of drug-likeness (QED) is 0.514. The zero-order valence-corrected chi connectivity index (χ0v) is 10.2. The maximum atomic E-state index is 11.6. The summed E-state index contributed by atoms with van der Waals surface area (Å²) in [5, 5.41) is 0. The van der Waals surface area contributed by atoms with Crippen LogP contribution in [-0.4, -0.2) is 55.0 Å². The molecule has 0 spiro atoms. The van der Waals surface area contributed by atoms with Crippen LogP contribution in [0.2, 0.25) is 0 Å². The molecule has 0 saturated carbocycles. The van der Waals surface area contributed by atoms with E-state index in [9.17, 15) is 9.59 Å². The molecule has 0 aliphatic carbocycles. The normalized spacial score (nSPS) is 15.4. The van der Waals surface area contributed by atoms with Crippen LogP contribution in [-0.2, 0) is 14.3 Å². The minimum Gasteiger partial charge on any atom is -0.462 e. The summed E-state index contributed by atoms with van der Waals surface area (Å²) in [6.45, 7) is 2.45. The van der Waals surface area contributed by atoms with Gasteiger partial charge in [-0.25, -0.2) is 4.79 Å². The zero-order chi connectivity index (χ0) is 13.0. The average Bonchev–Trinajstić information content (AvgIpc) is 2.47. The smallest absolute Gasteiger partial charge is 0.396 e. The van der Waals surface area contributed by atoms with Gasteiger partial charge in [0.25, 0.3) is 0 Å². The van der Waals surface area contributed by atoms with Crippen LogP contribution in [0.5, 0.6) is 0 Å². The van der Waals surface area contributed by atoms with Gasteiger partial charge in [0, 0.05) is 44.3 Å². The highest BCUT2D eigenvalue weighted by molar-refractivity contribution is 6.32. The predicted octanol–water partition coefficient (Wildman–Crippen LogP) is -0.0968. The Balaban J connectivity index is 1.92. The van der Waals surface area contributed by atoms with Gasteiger partial charge in [0.1, 0.15) is 0 Å². The molecular formula is C12H15N3O3. The number of piperazine rings is 1. The number of carbonyl (C=O) groups is 2. The van der Waals surface area contributed by atoms with E-state index in [-0.39, 0.29) is 0 Å². The number of esters is 1. The summed E-state index contributed by atoms with van der Waals surface area (Å²) in [4.78, 5) is 30.4. The van der Waals surface area contributed by atoms with Gasteiger partial charge >= 0.3 is 11.9 Å². The van der Waals surface area contributed by atoms with E-state index in [1.165, 1.54) is 12.0 Å². The van der Waals surface area contributed by atoms with Crippen LogP contribution in [0.25, 0.3) is 0 Å². The topological polar surface area (TPSA) is 62.7 Å². The van der Waals surface area contributed by atoms with Crippen LogP contribution in [0.4, 0.5) is 5.69 Å². The third-order valence-electron chi connectivity index (χ3n) is 2.95. The lowest BCUT2D eigenvalue weighted by Gasteiger charge is -2.35. The second kappa shape index (κ2) is 5.48. The van der Waals surface area contributed by atoms with Gasteiger partial charge in [0.15, 0.2) is 0 Å². The number of anilines is 1. The van der Waals surface area contributed by atoms with Crippen LogP contribution in [0.1, 0.15) is 0 Å². The van der Waals surface area contributed by atoms with Crippen molar-refractivity contribution in [1.29, 1.82) is 0 Å². The third-order valence-corrected chi connectivity index (χ3v) is 2.95. The molecule has 18 heavy (non-hydrogen) atoms. The molecule has 1 saturated heterocycles. The Morgan fingerprint density at radius 3 is 2.33 bits per heavy atom. The van der Waals surface area contributed by atoms with E-state index in [1.54, 1.807) is 12.4 Å². The molecule has 6 nitrogen and oxygen atoms in total. The number of ether oxygens (including phenoxy) is 1. The molecule has 0 N–H and O–H groups in total. The maximum Gasteiger partial charge on any atom is 0.396 e. The fourth-order valence-electron chi connectivity index (χ4n) is 1.94. The average molecular weight is 249 g/mol. The van der Waals surface area contributed by atoms with Gasteiger partial charge in [-0.2, -0.15) is 0 Å². The molecular weight excluding hydrogens is 234 g/mol. The van der Waals surface area contributed by atoms with Crippen LogP contribution >= 0.6 is 0 Å². The fourth-order valence-corrected chi connectivity index (χ4v) is 1.94. The Kier molecular flexibility index (Phi) is 3.76. The lowest BCUT2D eigenvalue weighted by atomic mass is 10.2. The number of rotatable bonds is 1. The highest BCUT2D eigenvalue weighted by Gasteiger charge is 2.26. The standard InChI is InChI=1S/C12H15N3O3/c1-18-12(17)11(16)15-8-6-14(7-9-15)10-2-4-13-5-3-10/h2-5H,6-9H2,1H3. The molecule has 2 rings (SSSR count). The number of carbonyl (C=O) groups excluding carboxylic acids is 2. The monoisotopic (exact) mass is 249 g/mol. The van der Waals surface area contributed by atoms with E-state index < -0.39 is 11.9 Å². The molecule has 1 fully saturated rings.